The summed E-state index contributed by atoms with van der Waals surface area (Å²) in [6.07, 6.45) is 3.99. The Balaban J connectivity index is 1.54. The van der Waals surface area contributed by atoms with Crippen LogP contribution in [0.1, 0.15) is 18.5 Å². The summed E-state index contributed by atoms with van der Waals surface area (Å²) >= 11 is 5.81. The van der Waals surface area contributed by atoms with Gasteiger partial charge in [0, 0.05) is 30.2 Å². The number of hydrazone groups is 1. The van der Waals surface area contributed by atoms with E-state index in [2.05, 4.69) is 15.5 Å². The molecule has 0 unspecified atom stereocenters. The molecule has 1 saturated heterocycles. The maximum Gasteiger partial charge on any atom is 0.243 e. The van der Waals surface area contributed by atoms with Gasteiger partial charge in [-0.05, 0) is 49.2 Å². The maximum atomic E-state index is 12.7. The molecule has 2 heterocycles. The molecule has 0 radical (unpaired) electrons. The van der Waals surface area contributed by atoms with Gasteiger partial charge in [-0.2, -0.15) is 9.41 Å². The molecule has 1 aliphatic heterocycles. The molecule has 0 bridgehead atoms. The number of sulfonamides is 1. The molecule has 1 aromatic heterocycles. The average molecular weight is 407 g/mol. The highest BCUT2D eigenvalue weighted by molar-refractivity contribution is 7.89. The van der Waals surface area contributed by atoms with Crippen LogP contribution >= 0.6 is 11.6 Å². The highest BCUT2D eigenvalue weighted by Gasteiger charge is 2.32. The number of pyridine rings is 1. The number of rotatable bonds is 5. The minimum absolute atomic E-state index is 0.203. The zero-order valence-corrected chi connectivity index (χ0v) is 16.0. The van der Waals surface area contributed by atoms with Gasteiger partial charge in [0.05, 0.1) is 16.8 Å². The van der Waals surface area contributed by atoms with E-state index in [0.717, 1.165) is 0 Å². The SMILES string of the molecule is O=C(N/N=C\c1ccccn1)C1CCN(S(=O)(=O)c2ccc(Cl)cc2)CC1. The maximum absolute atomic E-state index is 12.7. The Morgan fingerprint density at radius 2 is 1.89 bits per heavy atom. The second kappa shape index (κ2) is 8.60. The monoisotopic (exact) mass is 406 g/mol. The van der Waals surface area contributed by atoms with Crippen LogP contribution in [0.4, 0.5) is 0 Å². The summed E-state index contributed by atoms with van der Waals surface area (Å²) in [5.74, 6) is -0.492. The largest absolute Gasteiger partial charge is 0.273 e. The second-order valence-corrected chi connectivity index (χ2v) is 8.50. The fraction of sp³-hybridized carbons (Fsp3) is 0.278. The normalized spacial score (nSPS) is 16.5. The number of amides is 1. The predicted octanol–water partition coefficient (Wildman–Crippen LogP) is 2.29. The summed E-state index contributed by atoms with van der Waals surface area (Å²) in [7, 11) is -3.58. The Kier molecular flexibility index (Phi) is 6.20. The van der Waals surface area contributed by atoms with Gasteiger partial charge in [0.15, 0.2) is 0 Å². The Morgan fingerprint density at radius 3 is 2.52 bits per heavy atom. The average Bonchev–Trinajstić information content (AvgIpc) is 2.69. The summed E-state index contributed by atoms with van der Waals surface area (Å²) in [6.45, 7) is 0.569. The van der Waals surface area contributed by atoms with E-state index in [1.807, 2.05) is 6.07 Å². The van der Waals surface area contributed by atoms with Crippen LogP contribution in [0, 0.1) is 5.92 Å². The summed E-state index contributed by atoms with van der Waals surface area (Å²) < 4.78 is 26.7. The number of carbonyl (C=O) groups excluding carboxylic acids is 1. The molecule has 1 amide bonds. The third-order valence-corrected chi connectivity index (χ3v) is 6.50. The Morgan fingerprint density at radius 1 is 1.19 bits per heavy atom. The first-order valence-corrected chi connectivity index (χ1v) is 10.3. The van der Waals surface area contributed by atoms with Crippen molar-refractivity contribution in [2.24, 2.45) is 11.0 Å². The van der Waals surface area contributed by atoms with Crippen molar-refractivity contribution in [3.05, 3.63) is 59.4 Å². The quantitative estimate of drug-likeness (QED) is 0.609. The smallest absolute Gasteiger partial charge is 0.243 e. The lowest BCUT2D eigenvalue weighted by Gasteiger charge is -2.30. The molecule has 142 valence electrons. The number of aromatic nitrogens is 1. The van der Waals surface area contributed by atoms with Gasteiger partial charge in [-0.3, -0.25) is 9.78 Å². The standard InChI is InChI=1S/C18H19ClN4O3S/c19-15-4-6-17(7-5-15)27(25,26)23-11-8-14(9-12-23)18(24)22-21-13-16-3-1-2-10-20-16/h1-7,10,13-14H,8-9,11-12H2,(H,22,24)/b21-13-. The molecule has 2 aromatic rings. The molecule has 1 fully saturated rings. The fourth-order valence-electron chi connectivity index (χ4n) is 2.82. The number of carbonyl (C=O) groups is 1. The van der Waals surface area contributed by atoms with Crippen LogP contribution in [0.5, 0.6) is 0 Å². The lowest BCUT2D eigenvalue weighted by Crippen LogP contribution is -2.42. The van der Waals surface area contributed by atoms with Gasteiger partial charge in [-0.15, -0.1) is 0 Å². The minimum Gasteiger partial charge on any atom is -0.273 e. The van der Waals surface area contributed by atoms with Crippen LogP contribution in [-0.4, -0.2) is 42.9 Å². The minimum atomic E-state index is -3.58. The molecule has 27 heavy (non-hydrogen) atoms. The van der Waals surface area contributed by atoms with Crippen molar-refractivity contribution in [1.82, 2.24) is 14.7 Å². The number of piperidine rings is 1. The Hall–Kier alpha value is -2.29. The van der Waals surface area contributed by atoms with Gasteiger partial charge in [-0.1, -0.05) is 17.7 Å². The van der Waals surface area contributed by atoms with Gasteiger partial charge in [0.1, 0.15) is 0 Å². The number of halogens is 1. The van der Waals surface area contributed by atoms with Crippen LogP contribution in [0.25, 0.3) is 0 Å². The second-order valence-electron chi connectivity index (χ2n) is 6.12. The third-order valence-electron chi connectivity index (χ3n) is 4.34. The molecule has 0 aliphatic carbocycles. The van der Waals surface area contributed by atoms with E-state index in [-0.39, 0.29) is 29.8 Å². The number of hydrogen-bond donors (Lipinski definition) is 1. The first-order chi connectivity index (χ1) is 13.0. The third kappa shape index (κ3) is 4.91. The van der Waals surface area contributed by atoms with E-state index in [1.54, 1.807) is 30.5 Å². The van der Waals surface area contributed by atoms with E-state index < -0.39 is 10.0 Å². The molecule has 0 spiro atoms. The highest BCUT2D eigenvalue weighted by atomic mass is 35.5. The first-order valence-electron chi connectivity index (χ1n) is 8.46. The van der Waals surface area contributed by atoms with Crippen molar-refractivity contribution >= 4 is 33.7 Å². The van der Waals surface area contributed by atoms with E-state index in [1.165, 1.54) is 22.7 Å². The molecule has 7 nitrogen and oxygen atoms in total. The van der Waals surface area contributed by atoms with Crippen molar-refractivity contribution < 1.29 is 13.2 Å². The summed E-state index contributed by atoms with van der Waals surface area (Å²) in [5.41, 5.74) is 3.14. The molecule has 1 N–H and O–H groups in total. The van der Waals surface area contributed by atoms with E-state index in [9.17, 15) is 13.2 Å². The summed E-state index contributed by atoms with van der Waals surface area (Å²) in [5, 5.41) is 4.39. The van der Waals surface area contributed by atoms with Crippen molar-refractivity contribution in [3.8, 4) is 0 Å². The van der Waals surface area contributed by atoms with Crippen LogP contribution in [0.15, 0.2) is 58.7 Å². The van der Waals surface area contributed by atoms with Crippen molar-refractivity contribution in [1.29, 1.82) is 0 Å². The number of nitrogens with one attached hydrogen (secondary N) is 1. The molecule has 3 rings (SSSR count). The zero-order chi connectivity index (χ0) is 19.3. The molecule has 9 heteroatoms. The topological polar surface area (TPSA) is 91.7 Å². The van der Waals surface area contributed by atoms with E-state index >= 15 is 0 Å². The van der Waals surface area contributed by atoms with E-state index in [0.29, 0.717) is 23.6 Å². The number of hydrogen-bond acceptors (Lipinski definition) is 5. The van der Waals surface area contributed by atoms with Crippen molar-refractivity contribution in [2.45, 2.75) is 17.7 Å². The Bertz CT molecular complexity index is 909. The van der Waals surface area contributed by atoms with Gasteiger partial charge in [0.25, 0.3) is 0 Å². The van der Waals surface area contributed by atoms with Crippen LogP contribution in [0.2, 0.25) is 5.02 Å². The lowest BCUT2D eigenvalue weighted by molar-refractivity contribution is -0.126. The number of benzene rings is 1. The van der Waals surface area contributed by atoms with Gasteiger partial charge >= 0.3 is 0 Å². The lowest BCUT2D eigenvalue weighted by atomic mass is 9.98. The number of nitrogens with zero attached hydrogens (tertiary/aromatic N) is 3. The van der Waals surface area contributed by atoms with Crippen molar-refractivity contribution in [3.63, 3.8) is 0 Å². The molecule has 0 saturated carbocycles. The first kappa shape index (κ1) is 19.5. The Labute approximate surface area is 163 Å². The molecule has 1 aromatic carbocycles. The van der Waals surface area contributed by atoms with Gasteiger partial charge in [0.2, 0.25) is 15.9 Å². The van der Waals surface area contributed by atoms with Crippen LogP contribution in [-0.2, 0) is 14.8 Å². The zero-order valence-electron chi connectivity index (χ0n) is 14.5. The highest BCUT2D eigenvalue weighted by Crippen LogP contribution is 2.24. The van der Waals surface area contributed by atoms with E-state index in [4.69, 9.17) is 11.6 Å². The molecule has 0 atom stereocenters. The van der Waals surface area contributed by atoms with Crippen molar-refractivity contribution in [2.75, 3.05) is 13.1 Å². The molecular formula is C18H19ClN4O3S. The predicted molar refractivity (Wildman–Crippen MR) is 103 cm³/mol. The van der Waals surface area contributed by atoms with Gasteiger partial charge in [-0.25, -0.2) is 13.8 Å². The molecule has 1 aliphatic rings. The molecular weight excluding hydrogens is 388 g/mol. The fourth-order valence-corrected chi connectivity index (χ4v) is 4.42. The van der Waals surface area contributed by atoms with Crippen LogP contribution in [0.3, 0.4) is 0 Å². The van der Waals surface area contributed by atoms with Crippen LogP contribution < -0.4 is 5.43 Å². The summed E-state index contributed by atoms with van der Waals surface area (Å²) in [4.78, 5) is 16.5. The van der Waals surface area contributed by atoms with Gasteiger partial charge < -0.3 is 0 Å². The summed E-state index contributed by atoms with van der Waals surface area (Å²) in [6, 6.07) is 11.5.